The van der Waals surface area contributed by atoms with Crippen molar-refractivity contribution in [1.82, 2.24) is 5.32 Å². The Balaban J connectivity index is 2.59. The average Bonchev–Trinajstić information content (AvgIpc) is 2.45. The van der Waals surface area contributed by atoms with Gasteiger partial charge in [-0.1, -0.05) is 20.8 Å². The van der Waals surface area contributed by atoms with Crippen molar-refractivity contribution >= 4 is 17.7 Å². The van der Waals surface area contributed by atoms with Crippen molar-refractivity contribution in [3.8, 4) is 0 Å². The number of hydrogen-bond acceptors (Lipinski definition) is 3. The van der Waals surface area contributed by atoms with Crippen molar-refractivity contribution in [2.75, 3.05) is 12.3 Å². The SMILES string of the molecule is CC(C)CNC1(C(=O)O)CSC(C)C1. The van der Waals surface area contributed by atoms with Crippen molar-refractivity contribution in [3.63, 3.8) is 0 Å². The zero-order valence-electron chi connectivity index (χ0n) is 9.04. The standard InChI is InChI=1S/C10H19NO2S/c1-7(2)5-11-10(9(12)13)4-8(3)14-6-10/h7-8,11H,4-6H2,1-3H3,(H,12,13). The first-order valence-corrected chi connectivity index (χ1v) is 6.11. The van der Waals surface area contributed by atoms with Gasteiger partial charge in [-0.05, 0) is 18.9 Å². The molecule has 1 rings (SSSR count). The van der Waals surface area contributed by atoms with Crippen LogP contribution in [0.1, 0.15) is 27.2 Å². The summed E-state index contributed by atoms with van der Waals surface area (Å²) in [4.78, 5) is 11.2. The van der Waals surface area contributed by atoms with E-state index in [0.29, 0.717) is 16.9 Å². The minimum Gasteiger partial charge on any atom is -0.480 e. The molecular weight excluding hydrogens is 198 g/mol. The Morgan fingerprint density at radius 2 is 2.36 bits per heavy atom. The Kier molecular flexibility index (Phi) is 3.84. The van der Waals surface area contributed by atoms with Crippen LogP contribution in [0, 0.1) is 5.92 Å². The molecule has 2 atom stereocenters. The van der Waals surface area contributed by atoms with Crippen molar-refractivity contribution < 1.29 is 9.90 Å². The molecule has 0 aromatic rings. The van der Waals surface area contributed by atoms with E-state index in [1.165, 1.54) is 0 Å². The molecule has 1 fully saturated rings. The smallest absolute Gasteiger partial charge is 0.324 e. The number of carboxylic acid groups (broad SMARTS) is 1. The number of aliphatic carboxylic acids is 1. The Hall–Kier alpha value is -0.220. The Bertz CT molecular complexity index is 220. The highest BCUT2D eigenvalue weighted by atomic mass is 32.2. The summed E-state index contributed by atoms with van der Waals surface area (Å²) in [6.45, 7) is 7.05. The second-order valence-corrected chi connectivity index (χ2v) is 5.91. The largest absolute Gasteiger partial charge is 0.480 e. The summed E-state index contributed by atoms with van der Waals surface area (Å²) < 4.78 is 0. The quantitative estimate of drug-likeness (QED) is 0.750. The van der Waals surface area contributed by atoms with E-state index in [1.54, 1.807) is 11.8 Å². The van der Waals surface area contributed by atoms with E-state index < -0.39 is 11.5 Å². The molecule has 82 valence electrons. The number of nitrogens with one attached hydrogen (secondary N) is 1. The highest BCUT2D eigenvalue weighted by molar-refractivity contribution is 8.00. The summed E-state index contributed by atoms with van der Waals surface area (Å²) in [5.41, 5.74) is -0.672. The molecule has 3 nitrogen and oxygen atoms in total. The second-order valence-electron chi connectivity index (χ2n) is 4.49. The molecule has 14 heavy (non-hydrogen) atoms. The van der Waals surface area contributed by atoms with Crippen LogP contribution in [0.2, 0.25) is 0 Å². The molecule has 2 unspecified atom stereocenters. The summed E-state index contributed by atoms with van der Waals surface area (Å²) in [7, 11) is 0. The van der Waals surface area contributed by atoms with E-state index >= 15 is 0 Å². The molecule has 1 heterocycles. The van der Waals surface area contributed by atoms with Gasteiger partial charge in [-0.15, -0.1) is 0 Å². The second kappa shape index (κ2) is 4.53. The van der Waals surface area contributed by atoms with Crippen molar-refractivity contribution in [1.29, 1.82) is 0 Å². The molecule has 0 amide bonds. The van der Waals surface area contributed by atoms with Gasteiger partial charge in [-0.25, -0.2) is 0 Å². The van der Waals surface area contributed by atoms with Crippen LogP contribution in [-0.4, -0.2) is 34.2 Å². The lowest BCUT2D eigenvalue weighted by molar-refractivity contribution is -0.144. The maximum atomic E-state index is 11.2. The highest BCUT2D eigenvalue weighted by Gasteiger charge is 2.44. The van der Waals surface area contributed by atoms with Crippen LogP contribution < -0.4 is 5.32 Å². The third-order valence-electron chi connectivity index (χ3n) is 2.51. The fraction of sp³-hybridized carbons (Fsp3) is 0.900. The summed E-state index contributed by atoms with van der Waals surface area (Å²) in [5.74, 6) is 0.484. The fourth-order valence-corrected chi connectivity index (χ4v) is 2.96. The molecule has 2 N–H and O–H groups in total. The topological polar surface area (TPSA) is 49.3 Å². The predicted molar refractivity (Wildman–Crippen MR) is 59.7 cm³/mol. The van der Waals surface area contributed by atoms with E-state index in [0.717, 1.165) is 13.0 Å². The summed E-state index contributed by atoms with van der Waals surface area (Å²) in [6, 6.07) is 0. The average molecular weight is 217 g/mol. The van der Waals surface area contributed by atoms with Gasteiger partial charge in [-0.3, -0.25) is 4.79 Å². The van der Waals surface area contributed by atoms with Crippen LogP contribution in [0.5, 0.6) is 0 Å². The molecule has 0 aromatic heterocycles. The van der Waals surface area contributed by atoms with Crippen LogP contribution in [-0.2, 0) is 4.79 Å². The van der Waals surface area contributed by atoms with Gasteiger partial charge in [0.25, 0.3) is 0 Å². The van der Waals surface area contributed by atoms with Crippen LogP contribution in [0.15, 0.2) is 0 Å². The Morgan fingerprint density at radius 3 is 2.71 bits per heavy atom. The molecule has 1 aliphatic rings. The van der Waals surface area contributed by atoms with E-state index in [-0.39, 0.29) is 0 Å². The Morgan fingerprint density at radius 1 is 1.71 bits per heavy atom. The third kappa shape index (κ3) is 2.64. The van der Waals surface area contributed by atoms with Crippen molar-refractivity contribution in [2.24, 2.45) is 5.92 Å². The van der Waals surface area contributed by atoms with Gasteiger partial charge in [0.15, 0.2) is 0 Å². The Labute approximate surface area is 89.6 Å². The van der Waals surface area contributed by atoms with Crippen LogP contribution in [0.4, 0.5) is 0 Å². The highest BCUT2D eigenvalue weighted by Crippen LogP contribution is 2.34. The summed E-state index contributed by atoms with van der Waals surface area (Å²) >= 11 is 1.74. The molecule has 0 aromatic carbocycles. The van der Waals surface area contributed by atoms with E-state index in [2.05, 4.69) is 26.1 Å². The van der Waals surface area contributed by atoms with Gasteiger partial charge < -0.3 is 10.4 Å². The number of thioether (sulfide) groups is 1. The molecule has 0 saturated carbocycles. The lowest BCUT2D eigenvalue weighted by Gasteiger charge is -2.26. The van der Waals surface area contributed by atoms with E-state index in [1.807, 2.05) is 0 Å². The summed E-state index contributed by atoms with van der Waals surface area (Å²) in [5, 5.41) is 12.9. The molecule has 1 saturated heterocycles. The fourth-order valence-electron chi connectivity index (χ4n) is 1.64. The lowest BCUT2D eigenvalue weighted by Crippen LogP contribution is -2.53. The van der Waals surface area contributed by atoms with Gasteiger partial charge in [0.1, 0.15) is 5.54 Å². The number of hydrogen-bond donors (Lipinski definition) is 2. The molecular formula is C10H19NO2S. The molecule has 0 aliphatic carbocycles. The zero-order valence-corrected chi connectivity index (χ0v) is 9.86. The van der Waals surface area contributed by atoms with Crippen molar-refractivity contribution in [3.05, 3.63) is 0 Å². The normalized spacial score (nSPS) is 32.4. The maximum absolute atomic E-state index is 11.2. The summed E-state index contributed by atoms with van der Waals surface area (Å²) in [6.07, 6.45) is 0.736. The van der Waals surface area contributed by atoms with Gasteiger partial charge in [-0.2, -0.15) is 11.8 Å². The van der Waals surface area contributed by atoms with Crippen LogP contribution in [0.3, 0.4) is 0 Å². The van der Waals surface area contributed by atoms with E-state index in [9.17, 15) is 9.90 Å². The number of carbonyl (C=O) groups is 1. The third-order valence-corrected chi connectivity index (χ3v) is 3.90. The molecule has 0 radical (unpaired) electrons. The van der Waals surface area contributed by atoms with Gasteiger partial charge in [0, 0.05) is 11.0 Å². The molecule has 4 heteroatoms. The number of rotatable bonds is 4. The number of carboxylic acids is 1. The first kappa shape index (κ1) is 11.9. The first-order chi connectivity index (χ1) is 6.46. The molecule has 0 spiro atoms. The molecule has 1 aliphatic heterocycles. The van der Waals surface area contributed by atoms with Crippen LogP contribution in [0.25, 0.3) is 0 Å². The maximum Gasteiger partial charge on any atom is 0.324 e. The monoisotopic (exact) mass is 217 g/mol. The molecule has 0 bridgehead atoms. The predicted octanol–water partition coefficient (Wildman–Crippen LogP) is 1.58. The van der Waals surface area contributed by atoms with Gasteiger partial charge in [0.05, 0.1) is 0 Å². The minimum atomic E-state index is -0.699. The van der Waals surface area contributed by atoms with Gasteiger partial charge >= 0.3 is 5.97 Å². The van der Waals surface area contributed by atoms with E-state index in [4.69, 9.17) is 0 Å². The lowest BCUT2D eigenvalue weighted by atomic mass is 9.95. The first-order valence-electron chi connectivity index (χ1n) is 5.06. The zero-order chi connectivity index (χ0) is 10.8. The van der Waals surface area contributed by atoms with Crippen LogP contribution >= 0.6 is 11.8 Å². The van der Waals surface area contributed by atoms with Gasteiger partial charge in [0.2, 0.25) is 0 Å². The van der Waals surface area contributed by atoms with Crippen molar-refractivity contribution in [2.45, 2.75) is 38.0 Å². The minimum absolute atomic E-state index is 0.450.